The molecule has 2 N–H and O–H groups in total. The number of hydrogen-bond acceptors (Lipinski definition) is 3. The molecule has 0 bridgehead atoms. The first-order valence-corrected chi connectivity index (χ1v) is 9.07. The molecule has 26 heavy (non-hydrogen) atoms. The summed E-state index contributed by atoms with van der Waals surface area (Å²) in [4.78, 5) is 12.1. The van der Waals surface area contributed by atoms with Gasteiger partial charge in [-0.2, -0.15) is 5.10 Å². The number of carbonyl (C=O) groups excluding carboxylic acids is 1. The maximum atomic E-state index is 12.1. The summed E-state index contributed by atoms with van der Waals surface area (Å²) in [7, 11) is 0. The summed E-state index contributed by atoms with van der Waals surface area (Å²) in [6, 6.07) is 16.5. The highest BCUT2D eigenvalue weighted by Gasteiger charge is 2.08. The topological polar surface area (TPSA) is 61.7 Å². The van der Waals surface area contributed by atoms with Gasteiger partial charge in [0.2, 0.25) is 0 Å². The molecule has 0 saturated carbocycles. The van der Waals surface area contributed by atoms with E-state index in [1.807, 2.05) is 30.3 Å². The standard InChI is InChI=1S/C22H26N2O2/c1-2-3-4-6-13-19(16-18-11-7-5-8-12-18)17-23-24-22(26)20-14-9-10-15-21(20)25/h5,7-12,14-17,25H,2-4,6,13H2,1H3,(H,24,26). The van der Waals surface area contributed by atoms with Crippen molar-refractivity contribution in [2.75, 3.05) is 0 Å². The predicted octanol–water partition coefficient (Wildman–Crippen LogP) is 5.16. The molecule has 4 heteroatoms. The van der Waals surface area contributed by atoms with Crippen LogP contribution in [0.15, 0.2) is 65.3 Å². The van der Waals surface area contributed by atoms with Crippen LogP contribution in [-0.4, -0.2) is 17.2 Å². The van der Waals surface area contributed by atoms with Crippen LogP contribution in [0.1, 0.15) is 54.9 Å². The van der Waals surface area contributed by atoms with Crippen molar-refractivity contribution in [2.45, 2.75) is 39.0 Å². The van der Waals surface area contributed by atoms with Gasteiger partial charge in [-0.05, 0) is 36.1 Å². The van der Waals surface area contributed by atoms with E-state index in [4.69, 9.17) is 0 Å². The number of hydrogen-bond donors (Lipinski definition) is 2. The minimum absolute atomic E-state index is 0.0557. The molecule has 0 atom stereocenters. The molecule has 0 heterocycles. The second-order valence-electron chi connectivity index (χ2n) is 6.16. The molecule has 2 aromatic rings. The molecule has 0 fully saturated rings. The van der Waals surface area contributed by atoms with Crippen molar-refractivity contribution in [3.8, 4) is 5.75 Å². The monoisotopic (exact) mass is 350 g/mol. The van der Waals surface area contributed by atoms with Gasteiger partial charge in [-0.1, -0.05) is 74.7 Å². The van der Waals surface area contributed by atoms with Crippen LogP contribution in [0, 0.1) is 0 Å². The van der Waals surface area contributed by atoms with E-state index >= 15 is 0 Å². The maximum absolute atomic E-state index is 12.1. The minimum Gasteiger partial charge on any atom is -0.507 e. The Kier molecular flexibility index (Phi) is 8.13. The third-order valence-corrected chi connectivity index (χ3v) is 4.02. The van der Waals surface area contributed by atoms with E-state index in [0.717, 1.165) is 24.0 Å². The molecule has 136 valence electrons. The van der Waals surface area contributed by atoms with E-state index in [0.29, 0.717) is 0 Å². The third kappa shape index (κ3) is 6.55. The smallest absolute Gasteiger partial charge is 0.275 e. The van der Waals surface area contributed by atoms with Crippen LogP contribution in [0.2, 0.25) is 0 Å². The SMILES string of the molecule is CCCCCCC(C=NNC(=O)c1ccccc1O)=Cc1ccccc1. The number of amides is 1. The number of unbranched alkanes of at least 4 members (excludes halogenated alkanes) is 3. The molecule has 0 spiro atoms. The van der Waals surface area contributed by atoms with E-state index in [1.165, 1.54) is 25.3 Å². The fourth-order valence-corrected chi connectivity index (χ4v) is 2.59. The zero-order chi connectivity index (χ0) is 18.6. The summed E-state index contributed by atoms with van der Waals surface area (Å²) >= 11 is 0. The van der Waals surface area contributed by atoms with Crippen molar-refractivity contribution >= 4 is 18.2 Å². The summed E-state index contributed by atoms with van der Waals surface area (Å²) in [6.45, 7) is 2.19. The number of benzene rings is 2. The zero-order valence-electron chi connectivity index (χ0n) is 15.2. The third-order valence-electron chi connectivity index (χ3n) is 4.02. The van der Waals surface area contributed by atoms with Crippen LogP contribution < -0.4 is 5.43 Å². The normalized spacial score (nSPS) is 11.7. The van der Waals surface area contributed by atoms with Crippen molar-refractivity contribution in [3.05, 3.63) is 71.3 Å². The summed E-state index contributed by atoms with van der Waals surface area (Å²) in [6.07, 6.45) is 9.37. The Labute approximate surface area is 155 Å². The number of phenols is 1. The Balaban J connectivity index is 2.03. The van der Waals surface area contributed by atoms with Crippen molar-refractivity contribution in [1.29, 1.82) is 0 Å². The fourth-order valence-electron chi connectivity index (χ4n) is 2.59. The number of phenolic OH excluding ortho intramolecular Hbond substituents is 1. The highest BCUT2D eigenvalue weighted by atomic mass is 16.3. The Hall–Kier alpha value is -2.88. The summed E-state index contributed by atoms with van der Waals surface area (Å²) in [5, 5.41) is 13.8. The van der Waals surface area contributed by atoms with Gasteiger partial charge in [0.1, 0.15) is 5.75 Å². The van der Waals surface area contributed by atoms with E-state index in [1.54, 1.807) is 24.4 Å². The van der Waals surface area contributed by atoms with Crippen molar-refractivity contribution in [3.63, 3.8) is 0 Å². The van der Waals surface area contributed by atoms with Crippen LogP contribution in [0.4, 0.5) is 0 Å². The van der Waals surface area contributed by atoms with Crippen LogP contribution >= 0.6 is 0 Å². The number of para-hydroxylation sites is 1. The van der Waals surface area contributed by atoms with Gasteiger partial charge in [-0.15, -0.1) is 0 Å². The van der Waals surface area contributed by atoms with Gasteiger partial charge in [0, 0.05) is 0 Å². The first-order valence-electron chi connectivity index (χ1n) is 9.07. The molecule has 4 nitrogen and oxygen atoms in total. The van der Waals surface area contributed by atoms with E-state index in [2.05, 4.69) is 23.5 Å². The van der Waals surface area contributed by atoms with Gasteiger partial charge in [0.15, 0.2) is 0 Å². The maximum Gasteiger partial charge on any atom is 0.275 e. The van der Waals surface area contributed by atoms with E-state index in [9.17, 15) is 9.90 Å². The number of carbonyl (C=O) groups is 1. The second-order valence-corrected chi connectivity index (χ2v) is 6.16. The lowest BCUT2D eigenvalue weighted by molar-refractivity contribution is 0.0952. The van der Waals surface area contributed by atoms with Crippen molar-refractivity contribution in [1.82, 2.24) is 5.43 Å². The lowest BCUT2D eigenvalue weighted by atomic mass is 10.0. The van der Waals surface area contributed by atoms with Crippen molar-refractivity contribution < 1.29 is 9.90 Å². The molecule has 2 aromatic carbocycles. The van der Waals surface area contributed by atoms with Gasteiger partial charge in [0.25, 0.3) is 5.91 Å². The van der Waals surface area contributed by atoms with E-state index < -0.39 is 5.91 Å². The highest BCUT2D eigenvalue weighted by molar-refractivity contribution is 5.97. The lowest BCUT2D eigenvalue weighted by Gasteiger charge is -2.04. The quantitative estimate of drug-likeness (QED) is 0.373. The number of nitrogens with one attached hydrogen (secondary N) is 1. The molecule has 0 aliphatic carbocycles. The number of aromatic hydroxyl groups is 1. The van der Waals surface area contributed by atoms with Gasteiger partial charge >= 0.3 is 0 Å². The summed E-state index contributed by atoms with van der Waals surface area (Å²) in [5.41, 5.74) is 4.86. The van der Waals surface area contributed by atoms with Crippen LogP contribution in [0.25, 0.3) is 6.08 Å². The molecule has 0 aromatic heterocycles. The van der Waals surface area contributed by atoms with Crippen LogP contribution in [-0.2, 0) is 0 Å². The van der Waals surface area contributed by atoms with Crippen molar-refractivity contribution in [2.24, 2.45) is 5.10 Å². The average Bonchev–Trinajstić information content (AvgIpc) is 2.66. The van der Waals surface area contributed by atoms with Gasteiger partial charge in [-0.3, -0.25) is 4.79 Å². The molecular formula is C22H26N2O2. The molecule has 2 rings (SSSR count). The molecule has 0 saturated heterocycles. The van der Waals surface area contributed by atoms with Gasteiger partial charge in [-0.25, -0.2) is 5.43 Å². The molecular weight excluding hydrogens is 324 g/mol. The second kappa shape index (κ2) is 10.9. The molecule has 0 aliphatic rings. The number of allylic oxidation sites excluding steroid dienone is 1. The Morgan fingerprint density at radius 1 is 1.04 bits per heavy atom. The molecule has 1 amide bonds. The number of hydrazone groups is 1. The van der Waals surface area contributed by atoms with Gasteiger partial charge in [0.05, 0.1) is 11.8 Å². The Morgan fingerprint density at radius 3 is 2.50 bits per heavy atom. The molecule has 0 unspecified atom stereocenters. The Bertz CT molecular complexity index is 752. The summed E-state index contributed by atoms with van der Waals surface area (Å²) in [5.74, 6) is -0.482. The van der Waals surface area contributed by atoms with E-state index in [-0.39, 0.29) is 11.3 Å². The van der Waals surface area contributed by atoms with Gasteiger partial charge < -0.3 is 5.11 Å². The highest BCUT2D eigenvalue weighted by Crippen LogP contribution is 2.15. The summed E-state index contributed by atoms with van der Waals surface area (Å²) < 4.78 is 0. The van der Waals surface area contributed by atoms with Crippen LogP contribution in [0.3, 0.4) is 0 Å². The largest absolute Gasteiger partial charge is 0.507 e. The van der Waals surface area contributed by atoms with Crippen LogP contribution in [0.5, 0.6) is 5.75 Å². The number of rotatable bonds is 9. The fraction of sp³-hybridized carbons (Fsp3) is 0.273. The lowest BCUT2D eigenvalue weighted by Crippen LogP contribution is -2.17. The zero-order valence-corrected chi connectivity index (χ0v) is 15.2. The molecule has 0 aliphatic heterocycles. The first-order chi connectivity index (χ1) is 12.7. The number of nitrogens with zero attached hydrogens (tertiary/aromatic N) is 1. The minimum atomic E-state index is -0.426. The first kappa shape index (κ1) is 19.4. The predicted molar refractivity (Wildman–Crippen MR) is 107 cm³/mol. The average molecular weight is 350 g/mol. The molecule has 0 radical (unpaired) electrons. The Morgan fingerprint density at radius 2 is 1.77 bits per heavy atom.